The van der Waals surface area contributed by atoms with Crippen LogP contribution in [-0.2, 0) is 0 Å². The molecule has 0 saturated heterocycles. The molecular formula is C15H18NO2P. The summed E-state index contributed by atoms with van der Waals surface area (Å²) in [6.45, 7) is 3.88. The first kappa shape index (κ1) is 13.8. The van der Waals surface area contributed by atoms with Crippen molar-refractivity contribution in [1.29, 1.82) is 0 Å². The summed E-state index contributed by atoms with van der Waals surface area (Å²) < 4.78 is 0. The third-order valence-corrected chi connectivity index (χ3v) is 4.29. The summed E-state index contributed by atoms with van der Waals surface area (Å²) in [7, 11) is -0.927. The molecule has 19 heavy (non-hydrogen) atoms. The number of allylic oxidation sites excluding steroid dienone is 2. The smallest absolute Gasteiger partial charge is 0.249 e. The second-order valence-corrected chi connectivity index (χ2v) is 6.64. The van der Waals surface area contributed by atoms with E-state index in [-0.39, 0.29) is 5.65 Å². The largest absolute Gasteiger partial charge is 0.508 e. The molecule has 1 saturated carbocycles. The number of aliphatic hydroxyl groups excluding tert-OH is 1. The number of rotatable bonds is 4. The van der Waals surface area contributed by atoms with Crippen molar-refractivity contribution in [3.8, 4) is 0 Å². The van der Waals surface area contributed by atoms with Crippen molar-refractivity contribution in [2.45, 2.75) is 19.8 Å². The van der Waals surface area contributed by atoms with Gasteiger partial charge in [0.25, 0.3) is 0 Å². The number of carbonyl (C=O) groups is 1. The van der Waals surface area contributed by atoms with Crippen LogP contribution in [0.2, 0.25) is 0 Å². The summed E-state index contributed by atoms with van der Waals surface area (Å²) >= 11 is 0. The predicted molar refractivity (Wildman–Crippen MR) is 81.1 cm³/mol. The van der Waals surface area contributed by atoms with Crippen LogP contribution >= 0.6 is 7.92 Å². The van der Waals surface area contributed by atoms with Gasteiger partial charge >= 0.3 is 0 Å². The van der Waals surface area contributed by atoms with Crippen molar-refractivity contribution in [2.24, 2.45) is 0 Å². The molecule has 4 heteroatoms. The average molecular weight is 275 g/mol. The lowest BCUT2D eigenvalue weighted by Gasteiger charge is -2.08. The number of amides is 1. The van der Waals surface area contributed by atoms with Gasteiger partial charge in [-0.05, 0) is 56.0 Å². The van der Waals surface area contributed by atoms with Gasteiger partial charge in [0.05, 0.1) is 0 Å². The highest BCUT2D eigenvalue weighted by atomic mass is 31.1. The average Bonchev–Trinajstić information content (AvgIpc) is 3.22. The lowest BCUT2D eigenvalue weighted by Crippen LogP contribution is -2.05. The van der Waals surface area contributed by atoms with Crippen molar-refractivity contribution >= 4 is 19.3 Å². The highest BCUT2D eigenvalue weighted by molar-refractivity contribution is 7.77. The van der Waals surface area contributed by atoms with Crippen LogP contribution < -0.4 is 5.32 Å². The SMILES string of the molecule is Cc1ccc(NC(=O)P(C)/C=C/C(O)=C2CC2)cc1. The van der Waals surface area contributed by atoms with E-state index in [9.17, 15) is 9.90 Å². The topological polar surface area (TPSA) is 49.3 Å². The van der Waals surface area contributed by atoms with Gasteiger partial charge in [-0.3, -0.25) is 4.79 Å². The Kier molecular flexibility index (Phi) is 4.39. The lowest BCUT2D eigenvalue weighted by molar-refractivity contribution is 0.269. The molecule has 0 radical (unpaired) electrons. The monoisotopic (exact) mass is 275 g/mol. The molecule has 100 valence electrons. The Morgan fingerprint density at radius 3 is 2.53 bits per heavy atom. The molecule has 1 aromatic carbocycles. The fraction of sp³-hybridized carbons (Fsp3) is 0.267. The number of carbonyl (C=O) groups excluding carboxylic acids is 1. The minimum Gasteiger partial charge on any atom is -0.508 e. The fourth-order valence-corrected chi connectivity index (χ4v) is 2.34. The van der Waals surface area contributed by atoms with Crippen LogP contribution in [0.1, 0.15) is 18.4 Å². The first-order valence-corrected chi connectivity index (χ1v) is 8.12. The summed E-state index contributed by atoms with van der Waals surface area (Å²) in [6.07, 6.45) is 3.61. The Balaban J connectivity index is 1.92. The third kappa shape index (κ3) is 4.22. The summed E-state index contributed by atoms with van der Waals surface area (Å²) in [4.78, 5) is 12.0. The zero-order chi connectivity index (χ0) is 13.8. The van der Waals surface area contributed by atoms with E-state index in [1.807, 2.05) is 37.9 Å². The number of nitrogens with one attached hydrogen (secondary N) is 1. The number of aryl methyl sites for hydroxylation is 1. The van der Waals surface area contributed by atoms with Crippen molar-refractivity contribution in [3.63, 3.8) is 0 Å². The zero-order valence-corrected chi connectivity index (χ0v) is 12.1. The molecule has 0 heterocycles. The normalized spacial score (nSPS) is 15.4. The second kappa shape index (κ2) is 6.03. The molecule has 0 aliphatic heterocycles. The van der Waals surface area contributed by atoms with Gasteiger partial charge in [-0.2, -0.15) is 0 Å². The molecule has 1 atom stereocenters. The first-order valence-electron chi connectivity index (χ1n) is 6.26. The van der Waals surface area contributed by atoms with Gasteiger partial charge in [0, 0.05) is 13.6 Å². The molecular weight excluding hydrogens is 257 g/mol. The van der Waals surface area contributed by atoms with Crippen molar-refractivity contribution < 1.29 is 9.90 Å². The minimum absolute atomic E-state index is 0.0105. The molecule has 1 fully saturated rings. The maximum absolute atomic E-state index is 12.0. The summed E-state index contributed by atoms with van der Waals surface area (Å²) in [5.41, 5.74) is 3.04. The molecule has 3 nitrogen and oxygen atoms in total. The van der Waals surface area contributed by atoms with Crippen LogP contribution in [0.5, 0.6) is 0 Å². The highest BCUT2D eigenvalue weighted by Gasteiger charge is 2.16. The van der Waals surface area contributed by atoms with E-state index in [0.717, 1.165) is 29.7 Å². The third-order valence-electron chi connectivity index (χ3n) is 2.94. The lowest BCUT2D eigenvalue weighted by atomic mass is 10.2. The predicted octanol–water partition coefficient (Wildman–Crippen LogP) is 4.76. The van der Waals surface area contributed by atoms with Gasteiger partial charge in [0.1, 0.15) is 5.76 Å². The van der Waals surface area contributed by atoms with Crippen LogP contribution in [0.25, 0.3) is 0 Å². The van der Waals surface area contributed by atoms with E-state index < -0.39 is 7.92 Å². The van der Waals surface area contributed by atoms with E-state index in [1.54, 1.807) is 11.9 Å². The standard InChI is InChI=1S/C15H18NO2P/c1-11-3-7-13(8-4-11)16-15(18)19(2)10-9-14(17)12-5-6-12/h3-4,7-10,17H,5-6H2,1-2H3,(H,16,18)/b10-9+. The molecule has 2 rings (SSSR count). The highest BCUT2D eigenvalue weighted by Crippen LogP contribution is 2.37. The van der Waals surface area contributed by atoms with Crippen LogP contribution in [0.4, 0.5) is 10.5 Å². The maximum atomic E-state index is 12.0. The molecule has 2 N–H and O–H groups in total. The van der Waals surface area contributed by atoms with Gasteiger partial charge in [-0.1, -0.05) is 17.7 Å². The van der Waals surface area contributed by atoms with E-state index in [4.69, 9.17) is 0 Å². The van der Waals surface area contributed by atoms with E-state index in [2.05, 4.69) is 5.32 Å². The molecule has 0 spiro atoms. The van der Waals surface area contributed by atoms with Gasteiger partial charge < -0.3 is 10.4 Å². The van der Waals surface area contributed by atoms with Crippen LogP contribution in [-0.4, -0.2) is 17.4 Å². The van der Waals surface area contributed by atoms with Crippen LogP contribution in [0, 0.1) is 6.92 Å². The number of benzene rings is 1. The molecule has 1 aliphatic rings. The Morgan fingerprint density at radius 2 is 1.95 bits per heavy atom. The number of aliphatic hydroxyl groups is 1. The zero-order valence-electron chi connectivity index (χ0n) is 11.2. The summed E-state index contributed by atoms with van der Waals surface area (Å²) in [5, 5.41) is 12.5. The van der Waals surface area contributed by atoms with E-state index in [1.165, 1.54) is 0 Å². The first-order chi connectivity index (χ1) is 9.06. The van der Waals surface area contributed by atoms with Crippen LogP contribution in [0.3, 0.4) is 0 Å². The fourth-order valence-electron chi connectivity index (χ4n) is 1.54. The molecule has 0 aromatic heterocycles. The van der Waals surface area contributed by atoms with Gasteiger partial charge in [-0.15, -0.1) is 0 Å². The van der Waals surface area contributed by atoms with Gasteiger partial charge in [-0.25, -0.2) is 0 Å². The van der Waals surface area contributed by atoms with Crippen molar-refractivity contribution in [2.75, 3.05) is 12.0 Å². The van der Waals surface area contributed by atoms with Gasteiger partial charge in [0.2, 0.25) is 5.65 Å². The molecule has 0 bridgehead atoms. The van der Waals surface area contributed by atoms with Crippen molar-refractivity contribution in [3.05, 3.63) is 53.1 Å². The minimum atomic E-state index is -0.927. The molecule has 1 amide bonds. The number of hydrogen-bond acceptors (Lipinski definition) is 2. The van der Waals surface area contributed by atoms with Crippen LogP contribution in [0.15, 0.2) is 47.5 Å². The number of hydrogen-bond donors (Lipinski definition) is 2. The van der Waals surface area contributed by atoms with Gasteiger partial charge in [0.15, 0.2) is 0 Å². The van der Waals surface area contributed by atoms with Crippen molar-refractivity contribution in [1.82, 2.24) is 0 Å². The van der Waals surface area contributed by atoms with E-state index in [0.29, 0.717) is 5.76 Å². The Bertz CT molecular complexity index is 526. The number of anilines is 1. The second-order valence-electron chi connectivity index (χ2n) is 4.71. The Labute approximate surface area is 114 Å². The maximum Gasteiger partial charge on any atom is 0.249 e. The quantitative estimate of drug-likeness (QED) is 0.615. The molecule has 1 aromatic rings. The molecule has 1 aliphatic carbocycles. The Hall–Kier alpha value is -1.60. The van der Waals surface area contributed by atoms with E-state index >= 15 is 0 Å². The summed E-state index contributed by atoms with van der Waals surface area (Å²) in [5.74, 6) is 2.12. The summed E-state index contributed by atoms with van der Waals surface area (Å²) in [6, 6.07) is 7.72. The molecule has 1 unspecified atom stereocenters. The Morgan fingerprint density at radius 1 is 1.32 bits per heavy atom.